The van der Waals surface area contributed by atoms with Crippen LogP contribution in [0, 0.1) is 0 Å². The lowest BCUT2D eigenvalue weighted by atomic mass is 10.1. The zero-order chi connectivity index (χ0) is 19.5. The van der Waals surface area contributed by atoms with Crippen molar-refractivity contribution < 1.29 is 32.6 Å². The smallest absolute Gasteiger partial charge is 0.305 e. The Labute approximate surface area is 154 Å². The lowest BCUT2D eigenvalue weighted by Crippen LogP contribution is -2.37. The van der Waals surface area contributed by atoms with Crippen molar-refractivity contribution in [1.82, 2.24) is 4.72 Å². The maximum absolute atomic E-state index is 12.7. The standard InChI is InChI=1S/C16H15ClNO7S/c1-24-12-7-11-10(15(17)16(12)25-2)4-3-5-13(11)26(22,23)18-9(8-19)6-14(20)21/h3-5,7,9,18H,6H2,1-2H3,(H,20,21)/t9-/m0/s1. The molecule has 8 nitrogen and oxygen atoms in total. The number of aliphatic carboxylic acids is 1. The molecule has 0 fully saturated rings. The van der Waals surface area contributed by atoms with E-state index in [4.69, 9.17) is 26.2 Å². The summed E-state index contributed by atoms with van der Waals surface area (Å²) in [7, 11) is -1.46. The molecule has 0 aliphatic rings. The lowest BCUT2D eigenvalue weighted by molar-refractivity contribution is -0.137. The number of carboxylic acid groups (broad SMARTS) is 1. The first kappa shape index (κ1) is 20.0. The van der Waals surface area contributed by atoms with Crippen LogP contribution in [-0.2, 0) is 19.6 Å². The molecule has 0 heterocycles. The van der Waals surface area contributed by atoms with Gasteiger partial charge in [0.15, 0.2) is 11.5 Å². The number of ether oxygens (including phenoxy) is 2. The van der Waals surface area contributed by atoms with Gasteiger partial charge in [-0.15, -0.1) is 0 Å². The molecule has 0 spiro atoms. The maximum Gasteiger partial charge on any atom is 0.305 e. The topological polar surface area (TPSA) is 119 Å². The Kier molecular flexibility index (Phi) is 6.06. The number of carbonyl (C=O) groups is 1. The molecule has 1 atom stereocenters. The number of hydrogen-bond acceptors (Lipinski definition) is 6. The number of hydrogen-bond donors (Lipinski definition) is 2. The average Bonchev–Trinajstić information content (AvgIpc) is 2.59. The molecule has 139 valence electrons. The van der Waals surface area contributed by atoms with Gasteiger partial charge in [0.1, 0.15) is 0 Å². The summed E-state index contributed by atoms with van der Waals surface area (Å²) < 4.78 is 37.7. The summed E-state index contributed by atoms with van der Waals surface area (Å²) in [5, 5.41) is 9.52. The minimum absolute atomic E-state index is 0.155. The third-order valence-corrected chi connectivity index (χ3v) is 5.44. The molecule has 0 aliphatic heterocycles. The molecule has 0 unspecified atom stereocenters. The van der Waals surface area contributed by atoms with Gasteiger partial charge in [-0.2, -0.15) is 4.72 Å². The average molecular weight is 401 g/mol. The summed E-state index contributed by atoms with van der Waals surface area (Å²) in [6.45, 7) is 0. The summed E-state index contributed by atoms with van der Waals surface area (Å²) >= 11 is 6.29. The van der Waals surface area contributed by atoms with Gasteiger partial charge in [0.05, 0.1) is 36.6 Å². The Morgan fingerprint density at radius 1 is 1.31 bits per heavy atom. The predicted molar refractivity (Wildman–Crippen MR) is 94.1 cm³/mol. The molecule has 2 aromatic carbocycles. The van der Waals surface area contributed by atoms with E-state index in [9.17, 15) is 18.0 Å². The second kappa shape index (κ2) is 7.90. The van der Waals surface area contributed by atoms with Crippen molar-refractivity contribution in [1.29, 1.82) is 0 Å². The van der Waals surface area contributed by atoms with E-state index >= 15 is 0 Å². The Bertz CT molecular complexity index is 959. The van der Waals surface area contributed by atoms with Crippen molar-refractivity contribution in [2.45, 2.75) is 17.4 Å². The van der Waals surface area contributed by atoms with Crippen LogP contribution in [0.3, 0.4) is 0 Å². The second-order valence-electron chi connectivity index (χ2n) is 5.17. The third-order valence-electron chi connectivity index (χ3n) is 3.53. The summed E-state index contributed by atoms with van der Waals surface area (Å²) in [4.78, 5) is 21.4. The number of sulfonamides is 1. The number of nitrogens with one attached hydrogen (secondary N) is 1. The molecule has 2 rings (SSSR count). The number of methoxy groups -OCH3 is 2. The zero-order valence-corrected chi connectivity index (χ0v) is 15.3. The van der Waals surface area contributed by atoms with Crippen LogP contribution in [0.1, 0.15) is 6.42 Å². The maximum atomic E-state index is 12.7. The second-order valence-corrected chi connectivity index (χ2v) is 7.23. The van der Waals surface area contributed by atoms with Crippen LogP contribution in [0.2, 0.25) is 5.02 Å². The number of carboxylic acids is 1. The van der Waals surface area contributed by atoms with Crippen LogP contribution in [0.15, 0.2) is 29.2 Å². The van der Waals surface area contributed by atoms with E-state index in [1.54, 1.807) is 6.07 Å². The Morgan fingerprint density at radius 3 is 2.54 bits per heavy atom. The molecule has 0 aromatic heterocycles. The Morgan fingerprint density at radius 2 is 2.00 bits per heavy atom. The molecule has 0 saturated carbocycles. The van der Waals surface area contributed by atoms with Gasteiger partial charge in [-0.05, 0) is 12.1 Å². The number of benzene rings is 2. The molecule has 0 saturated heterocycles. The molecule has 2 aromatic rings. The van der Waals surface area contributed by atoms with Gasteiger partial charge in [-0.3, -0.25) is 9.59 Å². The van der Waals surface area contributed by atoms with E-state index in [1.807, 2.05) is 4.72 Å². The fraction of sp³-hybridized carbons (Fsp3) is 0.250. The minimum Gasteiger partial charge on any atom is -0.493 e. The SMILES string of the molecule is COc1cc2c(S(=O)(=O)N[C@H]([C]=O)CC(=O)O)cccc2c(Cl)c1OC. The van der Waals surface area contributed by atoms with Crippen LogP contribution in [0.25, 0.3) is 10.8 Å². The number of rotatable bonds is 8. The van der Waals surface area contributed by atoms with Crippen molar-refractivity contribution in [2.24, 2.45) is 0 Å². The number of halogens is 1. The van der Waals surface area contributed by atoms with E-state index < -0.39 is 28.5 Å². The van der Waals surface area contributed by atoms with Gasteiger partial charge >= 0.3 is 5.97 Å². The van der Waals surface area contributed by atoms with Gasteiger partial charge < -0.3 is 14.6 Å². The van der Waals surface area contributed by atoms with Crippen LogP contribution < -0.4 is 14.2 Å². The number of carbonyl (C=O) groups excluding carboxylic acids is 1. The quantitative estimate of drug-likeness (QED) is 0.692. The van der Waals surface area contributed by atoms with Gasteiger partial charge in [0.2, 0.25) is 16.3 Å². The summed E-state index contributed by atoms with van der Waals surface area (Å²) in [6.07, 6.45) is 0.637. The van der Waals surface area contributed by atoms with Crippen molar-refractivity contribution >= 4 is 44.7 Å². The third kappa shape index (κ3) is 3.90. The predicted octanol–water partition coefficient (Wildman–Crippen LogP) is 1.74. The Balaban J connectivity index is 2.64. The van der Waals surface area contributed by atoms with Crippen LogP contribution in [0.4, 0.5) is 0 Å². The first-order chi connectivity index (χ1) is 12.2. The van der Waals surface area contributed by atoms with Crippen molar-refractivity contribution in [3.8, 4) is 11.5 Å². The van der Waals surface area contributed by atoms with Gasteiger partial charge in [-0.1, -0.05) is 23.7 Å². The summed E-state index contributed by atoms with van der Waals surface area (Å²) in [5.74, 6) is -0.876. The van der Waals surface area contributed by atoms with E-state index in [2.05, 4.69) is 0 Å². The van der Waals surface area contributed by atoms with Crippen LogP contribution >= 0.6 is 11.6 Å². The molecular weight excluding hydrogens is 386 g/mol. The largest absolute Gasteiger partial charge is 0.493 e. The molecule has 0 amide bonds. The molecule has 1 radical (unpaired) electrons. The molecule has 26 heavy (non-hydrogen) atoms. The van der Waals surface area contributed by atoms with Crippen LogP contribution in [0.5, 0.6) is 11.5 Å². The van der Waals surface area contributed by atoms with E-state index in [-0.39, 0.29) is 26.8 Å². The van der Waals surface area contributed by atoms with E-state index in [0.29, 0.717) is 5.39 Å². The van der Waals surface area contributed by atoms with E-state index in [0.717, 1.165) is 0 Å². The molecule has 2 N–H and O–H groups in total. The van der Waals surface area contributed by atoms with Crippen molar-refractivity contribution in [2.75, 3.05) is 14.2 Å². The first-order valence-electron chi connectivity index (χ1n) is 7.20. The molecule has 0 bridgehead atoms. The van der Waals surface area contributed by atoms with Gasteiger partial charge in [0.25, 0.3) is 0 Å². The fourth-order valence-corrected chi connectivity index (χ4v) is 4.10. The first-order valence-corrected chi connectivity index (χ1v) is 9.06. The fourth-order valence-electron chi connectivity index (χ4n) is 2.42. The minimum atomic E-state index is -4.24. The Hall–Kier alpha value is -2.36. The molecule has 0 aliphatic carbocycles. The van der Waals surface area contributed by atoms with Crippen molar-refractivity contribution in [3.63, 3.8) is 0 Å². The highest BCUT2D eigenvalue weighted by atomic mass is 35.5. The van der Waals surface area contributed by atoms with Gasteiger partial charge in [0, 0.05) is 10.8 Å². The molecular formula is C16H15ClNO7S. The highest BCUT2D eigenvalue weighted by molar-refractivity contribution is 7.89. The lowest BCUT2D eigenvalue weighted by Gasteiger charge is -2.16. The normalized spacial score (nSPS) is 12.6. The highest BCUT2D eigenvalue weighted by Crippen LogP contribution is 2.42. The monoisotopic (exact) mass is 400 g/mol. The summed E-state index contributed by atoms with van der Waals surface area (Å²) in [5.41, 5.74) is 0. The van der Waals surface area contributed by atoms with E-state index in [1.165, 1.54) is 38.7 Å². The van der Waals surface area contributed by atoms with Crippen LogP contribution in [-0.4, -0.2) is 46.0 Å². The zero-order valence-electron chi connectivity index (χ0n) is 13.8. The number of fused-ring (bicyclic) bond motifs is 1. The van der Waals surface area contributed by atoms with Gasteiger partial charge in [-0.25, -0.2) is 8.42 Å². The molecule has 10 heteroatoms. The van der Waals surface area contributed by atoms with Crippen molar-refractivity contribution in [3.05, 3.63) is 29.3 Å². The summed E-state index contributed by atoms with van der Waals surface area (Å²) in [6, 6.07) is 4.27. The highest BCUT2D eigenvalue weighted by Gasteiger charge is 2.26.